The highest BCUT2D eigenvalue weighted by atomic mass is 79.9. The zero-order chi connectivity index (χ0) is 15.1. The Hall–Kier alpha value is -0.960. The first-order valence-electron chi connectivity index (χ1n) is 5.17. The number of benzene rings is 1. The van der Waals surface area contributed by atoms with Gasteiger partial charge in [-0.2, -0.15) is 8.42 Å². The van der Waals surface area contributed by atoms with E-state index in [1.807, 2.05) is 0 Å². The summed E-state index contributed by atoms with van der Waals surface area (Å²) in [7, 11) is -2.39. The molecule has 0 amide bonds. The van der Waals surface area contributed by atoms with E-state index in [0.29, 0.717) is 4.47 Å². The van der Waals surface area contributed by atoms with Crippen LogP contribution in [0.15, 0.2) is 28.0 Å². The molecule has 10 heteroatoms. The summed E-state index contributed by atoms with van der Waals surface area (Å²) >= 11 is 15.1. The highest BCUT2D eigenvalue weighted by Gasteiger charge is 2.24. The van der Waals surface area contributed by atoms with Crippen LogP contribution in [0.1, 0.15) is 0 Å². The highest BCUT2D eigenvalue weighted by Crippen LogP contribution is 2.36. The smallest absolute Gasteiger partial charge is 0.281 e. The van der Waals surface area contributed by atoms with E-state index in [1.54, 1.807) is 6.07 Å². The number of nitrogens with zero attached hydrogens (tertiary/aromatic N) is 2. The number of aryl methyl sites for hydroxylation is 1. The summed E-state index contributed by atoms with van der Waals surface area (Å²) in [6.45, 7) is 0. The fourth-order valence-corrected chi connectivity index (χ4v) is 3.75. The Morgan fingerprint density at radius 3 is 2.55 bits per heavy atom. The Labute approximate surface area is 134 Å². The van der Waals surface area contributed by atoms with Crippen LogP contribution in [0.5, 0.6) is 0 Å². The molecular weight excluding hydrogens is 391 g/mol. The van der Waals surface area contributed by atoms with Crippen LogP contribution in [0.3, 0.4) is 0 Å². The van der Waals surface area contributed by atoms with Crippen molar-refractivity contribution in [2.24, 2.45) is 7.05 Å². The predicted molar refractivity (Wildman–Crippen MR) is 82.6 cm³/mol. The predicted octanol–water partition coefficient (Wildman–Crippen LogP) is 2.87. The van der Waals surface area contributed by atoms with Gasteiger partial charge >= 0.3 is 0 Å². The van der Waals surface area contributed by atoms with Crippen LogP contribution in [0.4, 0.5) is 11.5 Å². The summed E-state index contributed by atoms with van der Waals surface area (Å²) in [6, 6.07) is 3.07. The summed E-state index contributed by atoms with van der Waals surface area (Å²) in [5.74, 6) is -0.0978. The van der Waals surface area contributed by atoms with Crippen LogP contribution in [0.2, 0.25) is 10.0 Å². The Kier molecular flexibility index (Phi) is 4.19. The molecule has 0 unspecified atom stereocenters. The molecule has 0 bridgehead atoms. The van der Waals surface area contributed by atoms with E-state index in [1.165, 1.54) is 24.0 Å². The lowest BCUT2D eigenvalue weighted by Crippen LogP contribution is -2.17. The molecule has 0 atom stereocenters. The second kappa shape index (κ2) is 5.44. The molecule has 0 fully saturated rings. The average Bonchev–Trinajstić information content (AvgIpc) is 2.70. The van der Waals surface area contributed by atoms with Crippen molar-refractivity contribution in [3.05, 3.63) is 33.0 Å². The molecular formula is C10H9BrCl2N4O2S. The van der Waals surface area contributed by atoms with E-state index in [4.69, 9.17) is 28.9 Å². The van der Waals surface area contributed by atoms with Gasteiger partial charge in [-0.15, -0.1) is 0 Å². The zero-order valence-electron chi connectivity index (χ0n) is 10.1. The number of imidazole rings is 1. The normalized spacial score (nSPS) is 11.6. The van der Waals surface area contributed by atoms with Crippen molar-refractivity contribution < 1.29 is 8.42 Å². The third-order valence-corrected chi connectivity index (χ3v) is 5.71. The van der Waals surface area contributed by atoms with Gasteiger partial charge in [0, 0.05) is 11.5 Å². The lowest BCUT2D eigenvalue weighted by atomic mass is 10.3. The van der Waals surface area contributed by atoms with Crippen LogP contribution < -0.4 is 10.5 Å². The van der Waals surface area contributed by atoms with Crippen LogP contribution in [0, 0.1) is 0 Å². The lowest BCUT2D eigenvalue weighted by molar-refractivity contribution is 0.592. The van der Waals surface area contributed by atoms with Crippen molar-refractivity contribution in [3.63, 3.8) is 0 Å². The first kappa shape index (κ1) is 15.4. The molecule has 2 rings (SSSR count). The second-order valence-electron chi connectivity index (χ2n) is 3.87. The topological polar surface area (TPSA) is 90.0 Å². The largest absolute Gasteiger partial charge is 0.381 e. The number of hydrogen-bond donors (Lipinski definition) is 2. The molecule has 20 heavy (non-hydrogen) atoms. The van der Waals surface area contributed by atoms with Gasteiger partial charge in [-0.3, -0.25) is 4.72 Å². The van der Waals surface area contributed by atoms with Gasteiger partial charge in [0.1, 0.15) is 0 Å². The number of hydrogen-bond acceptors (Lipinski definition) is 4. The first-order chi connectivity index (χ1) is 9.24. The molecule has 0 saturated carbocycles. The molecule has 1 heterocycles. The van der Waals surface area contributed by atoms with Gasteiger partial charge in [-0.05, 0) is 28.1 Å². The van der Waals surface area contributed by atoms with E-state index in [0.717, 1.165) is 0 Å². The number of sulfonamides is 1. The Morgan fingerprint density at radius 2 is 2.00 bits per heavy atom. The zero-order valence-corrected chi connectivity index (χ0v) is 14.0. The summed E-state index contributed by atoms with van der Waals surface area (Å²) < 4.78 is 28.8. The average molecular weight is 400 g/mol. The fourth-order valence-electron chi connectivity index (χ4n) is 1.56. The summed E-state index contributed by atoms with van der Waals surface area (Å²) in [5.41, 5.74) is 5.71. The standard InChI is InChI=1S/C10H9BrCl2N4O2S/c1-17-4-15-9(14)10(17)20(18,19)16-6-3-2-5(11)7(12)8(6)13/h2-4,16H,14H2,1H3. The fraction of sp³-hybridized carbons (Fsp3) is 0.100. The molecule has 0 radical (unpaired) electrons. The summed E-state index contributed by atoms with van der Waals surface area (Å²) in [6.07, 6.45) is 1.31. The van der Waals surface area contributed by atoms with E-state index in [-0.39, 0.29) is 26.6 Å². The number of aromatic nitrogens is 2. The molecule has 3 N–H and O–H groups in total. The molecule has 0 aliphatic carbocycles. The maximum atomic E-state index is 12.3. The number of nitrogens with one attached hydrogen (secondary N) is 1. The van der Waals surface area contributed by atoms with Crippen molar-refractivity contribution in [1.82, 2.24) is 9.55 Å². The number of halogens is 3. The Bertz CT molecular complexity index is 756. The van der Waals surface area contributed by atoms with Crippen molar-refractivity contribution >= 4 is 60.7 Å². The van der Waals surface area contributed by atoms with E-state index >= 15 is 0 Å². The van der Waals surface area contributed by atoms with Crippen molar-refractivity contribution in [1.29, 1.82) is 0 Å². The molecule has 1 aromatic heterocycles. The monoisotopic (exact) mass is 398 g/mol. The number of anilines is 2. The summed E-state index contributed by atoms with van der Waals surface area (Å²) in [4.78, 5) is 3.73. The molecule has 0 saturated heterocycles. The van der Waals surface area contributed by atoms with Gasteiger partial charge in [0.2, 0.25) is 0 Å². The molecule has 0 spiro atoms. The molecule has 0 aliphatic rings. The van der Waals surface area contributed by atoms with Gasteiger partial charge < -0.3 is 10.3 Å². The van der Waals surface area contributed by atoms with E-state index in [9.17, 15) is 8.42 Å². The summed E-state index contributed by atoms with van der Waals surface area (Å²) in [5, 5.41) is 0.155. The molecule has 2 aromatic rings. The quantitative estimate of drug-likeness (QED) is 0.776. The highest BCUT2D eigenvalue weighted by molar-refractivity contribution is 9.10. The number of rotatable bonds is 3. The van der Waals surface area contributed by atoms with Gasteiger partial charge in [0.25, 0.3) is 10.0 Å². The van der Waals surface area contributed by atoms with Crippen LogP contribution in [-0.4, -0.2) is 18.0 Å². The van der Waals surface area contributed by atoms with E-state index in [2.05, 4.69) is 25.6 Å². The molecule has 0 aliphatic heterocycles. The van der Waals surface area contributed by atoms with Crippen LogP contribution in [0.25, 0.3) is 0 Å². The lowest BCUT2D eigenvalue weighted by Gasteiger charge is -2.11. The number of nitrogens with two attached hydrogens (primary N) is 1. The second-order valence-corrected chi connectivity index (χ2v) is 7.08. The van der Waals surface area contributed by atoms with Crippen molar-refractivity contribution in [2.45, 2.75) is 5.03 Å². The van der Waals surface area contributed by atoms with Gasteiger partial charge in [-0.25, -0.2) is 4.98 Å². The minimum Gasteiger partial charge on any atom is -0.381 e. The van der Waals surface area contributed by atoms with Crippen LogP contribution >= 0.6 is 39.1 Å². The van der Waals surface area contributed by atoms with Crippen molar-refractivity contribution in [2.75, 3.05) is 10.5 Å². The minimum absolute atomic E-state index is 0.0883. The molecule has 108 valence electrons. The Morgan fingerprint density at radius 1 is 1.35 bits per heavy atom. The van der Waals surface area contributed by atoms with E-state index < -0.39 is 10.0 Å². The third kappa shape index (κ3) is 2.73. The number of nitrogen functional groups attached to an aromatic ring is 1. The van der Waals surface area contributed by atoms with Gasteiger partial charge in [0.15, 0.2) is 10.8 Å². The minimum atomic E-state index is -3.92. The van der Waals surface area contributed by atoms with Gasteiger partial charge in [0.05, 0.1) is 22.1 Å². The molecule has 1 aromatic carbocycles. The Balaban J connectivity index is 2.47. The third-order valence-electron chi connectivity index (χ3n) is 2.44. The SMILES string of the molecule is Cn1cnc(N)c1S(=O)(=O)Nc1ccc(Br)c(Cl)c1Cl. The first-order valence-corrected chi connectivity index (χ1v) is 8.20. The van der Waals surface area contributed by atoms with Crippen LogP contribution in [-0.2, 0) is 17.1 Å². The maximum absolute atomic E-state index is 12.3. The maximum Gasteiger partial charge on any atom is 0.281 e. The van der Waals surface area contributed by atoms with Crippen molar-refractivity contribution in [3.8, 4) is 0 Å². The molecule has 6 nitrogen and oxygen atoms in total. The van der Waals surface area contributed by atoms with Gasteiger partial charge in [-0.1, -0.05) is 23.2 Å².